The van der Waals surface area contributed by atoms with Crippen LogP contribution in [0, 0.1) is 0 Å². The monoisotopic (exact) mass is 265 g/mol. The fraction of sp³-hybridized carbons (Fsp3) is 0.0625. The van der Waals surface area contributed by atoms with E-state index in [1.165, 1.54) is 0 Å². The first-order valence-electron chi connectivity index (χ1n) is 6.43. The summed E-state index contributed by atoms with van der Waals surface area (Å²) in [6.45, 7) is 0.452. The van der Waals surface area contributed by atoms with E-state index in [9.17, 15) is 0 Å². The average molecular weight is 265 g/mol. The van der Waals surface area contributed by atoms with Crippen molar-refractivity contribution in [3.63, 3.8) is 0 Å². The number of aromatic nitrogens is 2. The van der Waals surface area contributed by atoms with Crippen molar-refractivity contribution in [3.8, 4) is 22.8 Å². The lowest BCUT2D eigenvalue weighted by Crippen LogP contribution is -1.95. The molecule has 0 unspecified atom stereocenters. The van der Waals surface area contributed by atoms with Gasteiger partial charge in [0, 0.05) is 17.8 Å². The van der Waals surface area contributed by atoms with Gasteiger partial charge < -0.3 is 10.5 Å². The Hall–Kier alpha value is -2.59. The lowest BCUT2D eigenvalue weighted by Gasteiger charge is -2.06. The summed E-state index contributed by atoms with van der Waals surface area (Å²) in [4.78, 5) is 0. The molecule has 4 heteroatoms. The third kappa shape index (κ3) is 2.70. The predicted molar refractivity (Wildman–Crippen MR) is 78.4 cm³/mol. The van der Waals surface area contributed by atoms with Gasteiger partial charge in [-0.3, -0.25) is 5.10 Å². The van der Waals surface area contributed by atoms with E-state index in [0.29, 0.717) is 6.54 Å². The average Bonchev–Trinajstić information content (AvgIpc) is 2.98. The van der Waals surface area contributed by atoms with Gasteiger partial charge >= 0.3 is 0 Å². The molecule has 0 bridgehead atoms. The molecule has 0 atom stereocenters. The molecule has 2 aromatic carbocycles. The maximum Gasteiger partial charge on any atom is 0.128 e. The molecule has 1 aromatic heterocycles. The molecule has 0 radical (unpaired) electrons. The molecule has 100 valence electrons. The highest BCUT2D eigenvalue weighted by molar-refractivity contribution is 5.61. The molecule has 0 aliphatic rings. The lowest BCUT2D eigenvalue weighted by molar-refractivity contribution is 0.483. The second-order valence-corrected chi connectivity index (χ2v) is 4.43. The Kier molecular flexibility index (Phi) is 3.48. The minimum Gasteiger partial charge on any atom is -0.457 e. The van der Waals surface area contributed by atoms with Crippen molar-refractivity contribution in [2.45, 2.75) is 6.54 Å². The normalized spacial score (nSPS) is 10.4. The number of H-pyrrole nitrogens is 1. The number of rotatable bonds is 4. The number of nitrogens with zero attached hydrogens (tertiary/aromatic N) is 1. The maximum atomic E-state index is 5.81. The van der Waals surface area contributed by atoms with Crippen LogP contribution in [0.5, 0.6) is 11.5 Å². The SMILES string of the molecule is NCc1cc(-c2cccc(Oc3ccccc3)c2)n[nH]1. The fourth-order valence-electron chi connectivity index (χ4n) is 1.96. The summed E-state index contributed by atoms with van der Waals surface area (Å²) >= 11 is 0. The van der Waals surface area contributed by atoms with Crippen molar-refractivity contribution in [1.29, 1.82) is 0 Å². The lowest BCUT2D eigenvalue weighted by atomic mass is 10.1. The number of para-hydroxylation sites is 1. The zero-order chi connectivity index (χ0) is 13.8. The molecule has 3 N–H and O–H groups in total. The van der Waals surface area contributed by atoms with Gasteiger partial charge in [-0.15, -0.1) is 0 Å². The molecule has 0 spiro atoms. The van der Waals surface area contributed by atoms with Crippen LogP contribution in [0.3, 0.4) is 0 Å². The summed E-state index contributed by atoms with van der Waals surface area (Å²) in [5.74, 6) is 1.60. The molecule has 0 saturated heterocycles. The molecule has 1 heterocycles. The van der Waals surface area contributed by atoms with Crippen molar-refractivity contribution in [2.24, 2.45) is 5.73 Å². The molecule has 0 aliphatic heterocycles. The first kappa shape index (κ1) is 12.4. The Bertz CT molecular complexity index is 692. The van der Waals surface area contributed by atoms with Gasteiger partial charge in [0.25, 0.3) is 0 Å². The summed E-state index contributed by atoms with van der Waals surface area (Å²) in [6, 6.07) is 19.5. The Morgan fingerprint density at radius 2 is 1.75 bits per heavy atom. The molecule has 4 nitrogen and oxygen atoms in total. The molecular formula is C16H15N3O. The van der Waals surface area contributed by atoms with Crippen LogP contribution in [0.4, 0.5) is 0 Å². The molecule has 0 saturated carbocycles. The zero-order valence-corrected chi connectivity index (χ0v) is 10.9. The van der Waals surface area contributed by atoms with Gasteiger partial charge in [-0.1, -0.05) is 30.3 Å². The number of hydrogen-bond donors (Lipinski definition) is 2. The Morgan fingerprint density at radius 1 is 0.950 bits per heavy atom. The van der Waals surface area contributed by atoms with E-state index < -0.39 is 0 Å². The van der Waals surface area contributed by atoms with E-state index in [-0.39, 0.29) is 0 Å². The summed E-state index contributed by atoms with van der Waals surface area (Å²) in [5.41, 5.74) is 8.35. The van der Waals surface area contributed by atoms with Gasteiger partial charge in [0.15, 0.2) is 0 Å². The molecule has 3 rings (SSSR count). The van der Waals surface area contributed by atoms with Gasteiger partial charge in [0.1, 0.15) is 11.5 Å². The van der Waals surface area contributed by atoms with E-state index >= 15 is 0 Å². The third-order valence-corrected chi connectivity index (χ3v) is 2.96. The molecule has 0 amide bonds. The zero-order valence-electron chi connectivity index (χ0n) is 10.9. The molecule has 0 aliphatic carbocycles. The fourth-order valence-corrected chi connectivity index (χ4v) is 1.96. The van der Waals surface area contributed by atoms with Crippen molar-refractivity contribution in [2.75, 3.05) is 0 Å². The van der Waals surface area contributed by atoms with E-state index in [1.807, 2.05) is 60.7 Å². The van der Waals surface area contributed by atoms with Crippen LogP contribution in [-0.4, -0.2) is 10.2 Å². The van der Waals surface area contributed by atoms with E-state index in [2.05, 4.69) is 10.2 Å². The van der Waals surface area contributed by atoms with Crippen LogP contribution in [0.15, 0.2) is 60.7 Å². The topological polar surface area (TPSA) is 63.9 Å². The number of nitrogens with two attached hydrogens (primary N) is 1. The van der Waals surface area contributed by atoms with Crippen molar-refractivity contribution >= 4 is 0 Å². The van der Waals surface area contributed by atoms with Gasteiger partial charge in [0.2, 0.25) is 0 Å². The first-order chi connectivity index (χ1) is 9.85. The number of nitrogens with one attached hydrogen (secondary N) is 1. The second-order valence-electron chi connectivity index (χ2n) is 4.43. The van der Waals surface area contributed by atoms with Crippen LogP contribution in [0.25, 0.3) is 11.3 Å². The smallest absolute Gasteiger partial charge is 0.128 e. The predicted octanol–water partition coefficient (Wildman–Crippen LogP) is 3.33. The summed E-state index contributed by atoms with van der Waals surface area (Å²) < 4.78 is 5.81. The number of hydrogen-bond acceptors (Lipinski definition) is 3. The van der Waals surface area contributed by atoms with E-state index in [0.717, 1.165) is 28.5 Å². The van der Waals surface area contributed by atoms with Gasteiger partial charge in [-0.05, 0) is 30.3 Å². The Morgan fingerprint density at radius 3 is 2.50 bits per heavy atom. The Balaban J connectivity index is 1.86. The van der Waals surface area contributed by atoms with E-state index in [4.69, 9.17) is 10.5 Å². The summed E-state index contributed by atoms with van der Waals surface area (Å²) in [7, 11) is 0. The van der Waals surface area contributed by atoms with Crippen LogP contribution in [0.1, 0.15) is 5.69 Å². The van der Waals surface area contributed by atoms with Gasteiger partial charge in [0.05, 0.1) is 5.69 Å². The van der Waals surface area contributed by atoms with Crippen LogP contribution >= 0.6 is 0 Å². The molecule has 3 aromatic rings. The minimum atomic E-state index is 0.452. The summed E-state index contributed by atoms with van der Waals surface area (Å²) in [5, 5.41) is 7.15. The summed E-state index contributed by atoms with van der Waals surface area (Å²) in [6.07, 6.45) is 0. The highest BCUT2D eigenvalue weighted by atomic mass is 16.5. The minimum absolute atomic E-state index is 0.452. The largest absolute Gasteiger partial charge is 0.457 e. The van der Waals surface area contributed by atoms with Crippen LogP contribution in [-0.2, 0) is 6.54 Å². The van der Waals surface area contributed by atoms with Crippen LogP contribution in [0.2, 0.25) is 0 Å². The number of benzene rings is 2. The first-order valence-corrected chi connectivity index (χ1v) is 6.43. The molecule has 20 heavy (non-hydrogen) atoms. The van der Waals surface area contributed by atoms with Gasteiger partial charge in [-0.25, -0.2) is 0 Å². The second kappa shape index (κ2) is 5.59. The van der Waals surface area contributed by atoms with Crippen molar-refractivity contribution < 1.29 is 4.74 Å². The molecular weight excluding hydrogens is 250 g/mol. The third-order valence-electron chi connectivity index (χ3n) is 2.96. The Labute approximate surface area is 117 Å². The maximum absolute atomic E-state index is 5.81. The highest BCUT2D eigenvalue weighted by Crippen LogP contribution is 2.26. The standard InChI is InChI=1S/C16H15N3O/c17-11-13-10-16(19-18-13)12-5-4-8-15(9-12)20-14-6-2-1-3-7-14/h1-10H,11,17H2,(H,18,19). The highest BCUT2D eigenvalue weighted by Gasteiger charge is 2.05. The molecule has 0 fully saturated rings. The number of ether oxygens (including phenoxy) is 1. The quantitative estimate of drug-likeness (QED) is 0.760. The van der Waals surface area contributed by atoms with Crippen molar-refractivity contribution in [1.82, 2.24) is 10.2 Å². The van der Waals surface area contributed by atoms with Gasteiger partial charge in [-0.2, -0.15) is 5.10 Å². The van der Waals surface area contributed by atoms with Crippen LogP contribution < -0.4 is 10.5 Å². The van der Waals surface area contributed by atoms with E-state index in [1.54, 1.807) is 0 Å². The van der Waals surface area contributed by atoms with Crippen molar-refractivity contribution in [3.05, 3.63) is 66.4 Å². The number of aromatic amines is 1.